The van der Waals surface area contributed by atoms with Gasteiger partial charge in [-0.2, -0.15) is 0 Å². The Morgan fingerprint density at radius 3 is 2.80 bits per heavy atom. The summed E-state index contributed by atoms with van der Waals surface area (Å²) in [5.74, 6) is -2.10. The van der Waals surface area contributed by atoms with Gasteiger partial charge in [0.15, 0.2) is 5.76 Å². The molecule has 0 saturated carbocycles. The maximum absolute atomic E-state index is 12.2. The molecule has 1 atom stereocenters. The maximum atomic E-state index is 12.2. The standard InChI is InChI=1S/C12H14N2O6/c15-11(16)7-8-3-1-2-6-13(8)12(17)9-4-5-10(20-9)14(18)19/h4-5,8H,1-3,6-7H2,(H,15,16). The van der Waals surface area contributed by atoms with Crippen molar-refractivity contribution < 1.29 is 24.0 Å². The molecule has 1 N–H and O–H groups in total. The molecule has 1 unspecified atom stereocenters. The number of carbonyl (C=O) groups excluding carboxylic acids is 1. The Hall–Kier alpha value is -2.38. The van der Waals surface area contributed by atoms with E-state index in [0.717, 1.165) is 18.9 Å². The molecule has 0 bridgehead atoms. The first kappa shape index (κ1) is 14.0. The molecule has 1 aliphatic heterocycles. The molecular formula is C12H14N2O6. The summed E-state index contributed by atoms with van der Waals surface area (Å²) >= 11 is 0. The highest BCUT2D eigenvalue weighted by molar-refractivity contribution is 5.92. The van der Waals surface area contributed by atoms with Crippen LogP contribution in [0.1, 0.15) is 36.2 Å². The number of carbonyl (C=O) groups is 2. The first-order valence-electron chi connectivity index (χ1n) is 6.26. The molecule has 108 valence electrons. The topological polar surface area (TPSA) is 114 Å². The largest absolute Gasteiger partial charge is 0.481 e. The quantitative estimate of drug-likeness (QED) is 0.663. The number of carboxylic acid groups (broad SMARTS) is 1. The Bertz CT molecular complexity index is 538. The van der Waals surface area contributed by atoms with Gasteiger partial charge in [0, 0.05) is 12.6 Å². The monoisotopic (exact) mass is 282 g/mol. The predicted octanol–water partition coefficient (Wildman–Crippen LogP) is 1.66. The highest BCUT2D eigenvalue weighted by Gasteiger charge is 2.31. The number of likely N-dealkylation sites (tertiary alicyclic amines) is 1. The van der Waals surface area contributed by atoms with Gasteiger partial charge in [-0.3, -0.25) is 19.7 Å². The third-order valence-corrected chi connectivity index (χ3v) is 3.28. The molecule has 1 aromatic heterocycles. The van der Waals surface area contributed by atoms with E-state index in [1.165, 1.54) is 11.0 Å². The van der Waals surface area contributed by atoms with Crippen LogP contribution >= 0.6 is 0 Å². The van der Waals surface area contributed by atoms with E-state index >= 15 is 0 Å². The van der Waals surface area contributed by atoms with Gasteiger partial charge in [0.2, 0.25) is 0 Å². The van der Waals surface area contributed by atoms with Crippen molar-refractivity contribution in [3.8, 4) is 0 Å². The van der Waals surface area contributed by atoms with Crippen LogP contribution in [0.25, 0.3) is 0 Å². The second-order valence-corrected chi connectivity index (χ2v) is 4.64. The van der Waals surface area contributed by atoms with Crippen molar-refractivity contribution in [2.45, 2.75) is 31.7 Å². The van der Waals surface area contributed by atoms with Gasteiger partial charge in [-0.25, -0.2) is 0 Å². The minimum absolute atomic E-state index is 0.130. The molecule has 8 heteroatoms. The zero-order chi connectivity index (χ0) is 14.7. The van der Waals surface area contributed by atoms with Crippen LogP contribution in [-0.4, -0.2) is 39.4 Å². The van der Waals surface area contributed by atoms with E-state index < -0.39 is 28.7 Å². The molecular weight excluding hydrogens is 268 g/mol. The lowest BCUT2D eigenvalue weighted by Gasteiger charge is -2.34. The number of hydrogen-bond donors (Lipinski definition) is 1. The molecule has 0 spiro atoms. The molecule has 0 aliphatic carbocycles. The van der Waals surface area contributed by atoms with Crippen LogP contribution in [-0.2, 0) is 4.79 Å². The van der Waals surface area contributed by atoms with Crippen molar-refractivity contribution in [1.29, 1.82) is 0 Å². The van der Waals surface area contributed by atoms with Crippen molar-refractivity contribution in [2.24, 2.45) is 0 Å². The van der Waals surface area contributed by atoms with E-state index in [1.807, 2.05) is 0 Å². The van der Waals surface area contributed by atoms with Crippen LogP contribution in [0, 0.1) is 10.1 Å². The van der Waals surface area contributed by atoms with E-state index in [4.69, 9.17) is 9.52 Å². The van der Waals surface area contributed by atoms with Gasteiger partial charge in [-0.15, -0.1) is 0 Å². The van der Waals surface area contributed by atoms with Crippen molar-refractivity contribution in [3.05, 3.63) is 28.0 Å². The van der Waals surface area contributed by atoms with E-state index in [-0.39, 0.29) is 12.2 Å². The molecule has 0 radical (unpaired) electrons. The second-order valence-electron chi connectivity index (χ2n) is 4.64. The van der Waals surface area contributed by atoms with Crippen LogP contribution < -0.4 is 0 Å². The number of carboxylic acids is 1. The van der Waals surface area contributed by atoms with Gasteiger partial charge in [0.1, 0.15) is 4.92 Å². The molecule has 1 fully saturated rings. The van der Waals surface area contributed by atoms with Gasteiger partial charge in [0.25, 0.3) is 5.91 Å². The van der Waals surface area contributed by atoms with E-state index in [1.54, 1.807) is 0 Å². The van der Waals surface area contributed by atoms with E-state index in [2.05, 4.69) is 0 Å². The lowest BCUT2D eigenvalue weighted by Crippen LogP contribution is -2.44. The van der Waals surface area contributed by atoms with Crippen molar-refractivity contribution in [2.75, 3.05) is 6.54 Å². The fourth-order valence-corrected chi connectivity index (χ4v) is 2.36. The van der Waals surface area contributed by atoms with Crippen molar-refractivity contribution in [3.63, 3.8) is 0 Å². The second kappa shape index (κ2) is 5.72. The summed E-state index contributed by atoms with van der Waals surface area (Å²) in [6.45, 7) is 0.436. The lowest BCUT2D eigenvalue weighted by molar-refractivity contribution is -0.402. The summed E-state index contributed by atoms with van der Waals surface area (Å²) in [4.78, 5) is 34.3. The highest BCUT2D eigenvalue weighted by Crippen LogP contribution is 2.24. The van der Waals surface area contributed by atoms with Crippen LogP contribution in [0.15, 0.2) is 16.5 Å². The fourth-order valence-electron chi connectivity index (χ4n) is 2.36. The van der Waals surface area contributed by atoms with Gasteiger partial charge in [-0.1, -0.05) is 0 Å². The first-order chi connectivity index (χ1) is 9.49. The Morgan fingerprint density at radius 2 is 2.20 bits per heavy atom. The summed E-state index contributed by atoms with van der Waals surface area (Å²) in [6, 6.07) is 1.97. The molecule has 1 saturated heterocycles. The molecule has 1 aromatic rings. The van der Waals surface area contributed by atoms with Crippen molar-refractivity contribution in [1.82, 2.24) is 4.90 Å². The molecule has 1 amide bonds. The molecule has 8 nitrogen and oxygen atoms in total. The van der Waals surface area contributed by atoms with Gasteiger partial charge >= 0.3 is 11.9 Å². The smallest absolute Gasteiger partial charge is 0.433 e. The highest BCUT2D eigenvalue weighted by atomic mass is 16.6. The minimum Gasteiger partial charge on any atom is -0.481 e. The lowest BCUT2D eigenvalue weighted by atomic mass is 9.99. The maximum Gasteiger partial charge on any atom is 0.433 e. The average molecular weight is 282 g/mol. The van der Waals surface area contributed by atoms with Crippen LogP contribution in [0.3, 0.4) is 0 Å². The predicted molar refractivity (Wildman–Crippen MR) is 66.3 cm³/mol. The molecule has 0 aromatic carbocycles. The SMILES string of the molecule is O=C(O)CC1CCCCN1C(=O)c1ccc([N+](=O)[O-])o1. The third-order valence-electron chi connectivity index (χ3n) is 3.28. The summed E-state index contributed by atoms with van der Waals surface area (Å²) in [6.07, 6.45) is 2.13. The van der Waals surface area contributed by atoms with Crippen LogP contribution in [0.5, 0.6) is 0 Å². The number of hydrogen-bond acceptors (Lipinski definition) is 5. The number of piperidine rings is 1. The van der Waals surface area contributed by atoms with Gasteiger partial charge in [0.05, 0.1) is 12.5 Å². The number of furan rings is 1. The van der Waals surface area contributed by atoms with Gasteiger partial charge < -0.3 is 14.4 Å². The summed E-state index contributed by atoms with van der Waals surface area (Å²) in [7, 11) is 0. The van der Waals surface area contributed by atoms with E-state index in [9.17, 15) is 19.7 Å². The molecule has 2 rings (SSSR count). The Balaban J connectivity index is 2.15. The number of nitrogens with zero attached hydrogens (tertiary/aromatic N) is 2. The zero-order valence-corrected chi connectivity index (χ0v) is 10.7. The van der Waals surface area contributed by atoms with Crippen LogP contribution in [0.2, 0.25) is 0 Å². The van der Waals surface area contributed by atoms with E-state index in [0.29, 0.717) is 13.0 Å². The number of rotatable bonds is 4. The van der Waals surface area contributed by atoms with Crippen molar-refractivity contribution >= 4 is 17.8 Å². The Morgan fingerprint density at radius 1 is 1.45 bits per heavy atom. The zero-order valence-electron chi connectivity index (χ0n) is 10.7. The normalized spacial score (nSPS) is 18.8. The number of amides is 1. The Labute approximate surface area is 114 Å². The molecule has 1 aliphatic rings. The number of nitro groups is 1. The third kappa shape index (κ3) is 2.95. The molecule has 20 heavy (non-hydrogen) atoms. The summed E-state index contributed by atoms with van der Waals surface area (Å²) in [5, 5.41) is 19.4. The minimum atomic E-state index is -0.972. The van der Waals surface area contributed by atoms with Gasteiger partial charge in [-0.05, 0) is 25.3 Å². The average Bonchev–Trinajstić information content (AvgIpc) is 2.87. The Kier molecular flexibility index (Phi) is 4.02. The molecule has 2 heterocycles. The van der Waals surface area contributed by atoms with Crippen LogP contribution in [0.4, 0.5) is 5.88 Å². The summed E-state index contributed by atoms with van der Waals surface area (Å²) in [5.41, 5.74) is 0. The first-order valence-corrected chi connectivity index (χ1v) is 6.26. The summed E-state index contributed by atoms with van der Waals surface area (Å²) < 4.78 is 4.88. The fraction of sp³-hybridized carbons (Fsp3) is 0.500. The number of aliphatic carboxylic acids is 1.